The number of hydrogen-bond donors (Lipinski definition) is 2. The van der Waals surface area contributed by atoms with Gasteiger partial charge in [-0.1, -0.05) is 54.4 Å². The third kappa shape index (κ3) is 6.55. The maximum atomic E-state index is 6.37. The maximum Gasteiger partial charge on any atom is 0.0491 e. The van der Waals surface area contributed by atoms with Crippen LogP contribution in [-0.2, 0) is 13.1 Å². The van der Waals surface area contributed by atoms with Gasteiger partial charge in [0.25, 0.3) is 0 Å². The van der Waals surface area contributed by atoms with Gasteiger partial charge in [-0.15, -0.1) is 24.8 Å². The van der Waals surface area contributed by atoms with E-state index in [0.717, 1.165) is 44.7 Å². The minimum absolute atomic E-state index is 0. The van der Waals surface area contributed by atoms with E-state index in [2.05, 4.69) is 52.6 Å². The van der Waals surface area contributed by atoms with Gasteiger partial charge in [-0.05, 0) is 55.4 Å². The Morgan fingerprint density at radius 1 is 0.929 bits per heavy atom. The molecule has 0 aliphatic rings. The molecule has 0 aliphatic carbocycles. The summed E-state index contributed by atoms with van der Waals surface area (Å²) in [4.78, 5) is 0. The van der Waals surface area contributed by atoms with Gasteiger partial charge in [0.2, 0.25) is 0 Å². The Balaban J connectivity index is 0.00000196. The van der Waals surface area contributed by atoms with Crippen LogP contribution in [-0.4, -0.2) is 24.2 Å². The minimum atomic E-state index is 0. The molecule has 0 unspecified atom stereocenters. The fraction of sp³-hybridized carbons (Fsp3) is 0.333. The second kappa shape index (κ2) is 12.6. The third-order valence-corrected chi connectivity index (χ3v) is 5.09. The molecule has 1 heterocycles. The Kier molecular flexibility index (Phi) is 11.3. The fourth-order valence-electron chi connectivity index (χ4n) is 3.17. The number of hydrogen-bond acceptors (Lipinski definition) is 2. The van der Waals surface area contributed by atoms with Crippen LogP contribution >= 0.6 is 48.0 Å². The van der Waals surface area contributed by atoms with Crippen LogP contribution in [0.5, 0.6) is 0 Å². The number of nitrogens with zero attached hydrogens (tertiary/aromatic N) is 1. The summed E-state index contributed by atoms with van der Waals surface area (Å²) in [5.74, 6) is 0. The quantitative estimate of drug-likeness (QED) is 0.386. The molecule has 3 rings (SSSR count). The molecule has 0 spiro atoms. The molecule has 0 saturated heterocycles. The van der Waals surface area contributed by atoms with Gasteiger partial charge < -0.3 is 15.2 Å². The molecule has 3 nitrogen and oxygen atoms in total. The van der Waals surface area contributed by atoms with Crippen molar-refractivity contribution in [2.75, 3.05) is 19.6 Å². The van der Waals surface area contributed by atoms with Crippen LogP contribution in [0.15, 0.2) is 48.7 Å². The van der Waals surface area contributed by atoms with Crippen molar-refractivity contribution in [1.29, 1.82) is 0 Å². The van der Waals surface area contributed by atoms with Crippen molar-refractivity contribution in [3.05, 3.63) is 69.8 Å². The van der Waals surface area contributed by atoms with E-state index in [1.165, 1.54) is 16.5 Å². The molecule has 0 amide bonds. The maximum absolute atomic E-state index is 6.37. The zero-order valence-electron chi connectivity index (χ0n) is 15.9. The van der Waals surface area contributed by atoms with E-state index in [-0.39, 0.29) is 24.8 Å². The predicted octanol–water partition coefficient (Wildman–Crippen LogP) is 5.93. The monoisotopic (exact) mass is 461 g/mol. The Morgan fingerprint density at radius 2 is 1.68 bits per heavy atom. The Bertz CT molecular complexity index is 864. The van der Waals surface area contributed by atoms with Crippen molar-refractivity contribution >= 4 is 58.9 Å². The molecule has 3 aromatic rings. The molecule has 7 heteroatoms. The molecule has 0 saturated carbocycles. The van der Waals surface area contributed by atoms with E-state index in [1.54, 1.807) is 6.07 Å². The molecular formula is C21H27Cl4N3. The summed E-state index contributed by atoms with van der Waals surface area (Å²) >= 11 is 12.4. The number of rotatable bonds is 9. The molecule has 154 valence electrons. The SMILES string of the molecule is CCNCCCNCc1cn(Cc2ccc(Cl)cc2Cl)c2ccccc12.Cl.Cl. The number of benzene rings is 2. The lowest BCUT2D eigenvalue weighted by Crippen LogP contribution is -2.21. The summed E-state index contributed by atoms with van der Waals surface area (Å²) in [6.07, 6.45) is 3.36. The van der Waals surface area contributed by atoms with Crippen LogP contribution in [0.1, 0.15) is 24.5 Å². The molecule has 1 aromatic heterocycles. The minimum Gasteiger partial charge on any atom is -0.343 e. The van der Waals surface area contributed by atoms with E-state index in [1.807, 2.05) is 12.1 Å². The average Bonchev–Trinajstić information content (AvgIpc) is 2.98. The number of para-hydroxylation sites is 1. The molecular weight excluding hydrogens is 436 g/mol. The molecule has 28 heavy (non-hydrogen) atoms. The smallest absolute Gasteiger partial charge is 0.0491 e. The molecule has 0 atom stereocenters. The van der Waals surface area contributed by atoms with E-state index in [0.29, 0.717) is 10.0 Å². The molecule has 0 fully saturated rings. The van der Waals surface area contributed by atoms with Gasteiger partial charge >= 0.3 is 0 Å². The van der Waals surface area contributed by atoms with Crippen LogP contribution in [0.3, 0.4) is 0 Å². The van der Waals surface area contributed by atoms with Crippen LogP contribution in [0.25, 0.3) is 10.9 Å². The van der Waals surface area contributed by atoms with Gasteiger partial charge in [0.1, 0.15) is 0 Å². The number of aromatic nitrogens is 1. The first-order valence-corrected chi connectivity index (χ1v) is 9.86. The van der Waals surface area contributed by atoms with Crippen molar-refractivity contribution in [3.8, 4) is 0 Å². The lowest BCUT2D eigenvalue weighted by Gasteiger charge is -2.08. The summed E-state index contributed by atoms with van der Waals surface area (Å²) < 4.78 is 2.26. The van der Waals surface area contributed by atoms with Gasteiger partial charge in [-0.2, -0.15) is 0 Å². The van der Waals surface area contributed by atoms with Crippen LogP contribution in [0.2, 0.25) is 10.0 Å². The van der Waals surface area contributed by atoms with Crippen molar-refractivity contribution in [2.24, 2.45) is 0 Å². The van der Waals surface area contributed by atoms with Gasteiger partial charge in [0.15, 0.2) is 0 Å². The van der Waals surface area contributed by atoms with Crippen LogP contribution in [0, 0.1) is 0 Å². The van der Waals surface area contributed by atoms with Crippen LogP contribution in [0.4, 0.5) is 0 Å². The van der Waals surface area contributed by atoms with Gasteiger partial charge in [-0.3, -0.25) is 0 Å². The topological polar surface area (TPSA) is 29.0 Å². The van der Waals surface area contributed by atoms with Gasteiger partial charge in [0, 0.05) is 40.2 Å². The first kappa shape index (κ1) is 25.1. The van der Waals surface area contributed by atoms with E-state index in [4.69, 9.17) is 23.2 Å². The largest absolute Gasteiger partial charge is 0.343 e. The second-order valence-electron chi connectivity index (χ2n) is 6.42. The van der Waals surface area contributed by atoms with Crippen molar-refractivity contribution in [3.63, 3.8) is 0 Å². The van der Waals surface area contributed by atoms with E-state index in [9.17, 15) is 0 Å². The molecule has 2 N–H and O–H groups in total. The first-order valence-electron chi connectivity index (χ1n) is 9.11. The summed E-state index contributed by atoms with van der Waals surface area (Å²) in [5.41, 5.74) is 3.61. The Hall–Kier alpha value is -0.940. The predicted molar refractivity (Wildman–Crippen MR) is 127 cm³/mol. The molecule has 0 aliphatic heterocycles. The standard InChI is InChI=1S/C21H25Cl2N3.2ClH/c1-2-24-10-5-11-25-13-17-15-26(21-7-4-3-6-19(17)21)14-16-8-9-18(22)12-20(16)23;;/h3-4,6-9,12,15,24-25H,2,5,10-11,13-14H2,1H3;2*1H. The summed E-state index contributed by atoms with van der Waals surface area (Å²) in [6.45, 7) is 6.83. The van der Waals surface area contributed by atoms with Gasteiger partial charge in [0.05, 0.1) is 0 Å². The summed E-state index contributed by atoms with van der Waals surface area (Å²) in [7, 11) is 0. The normalized spacial score (nSPS) is 10.5. The van der Waals surface area contributed by atoms with Crippen molar-refractivity contribution < 1.29 is 0 Å². The third-order valence-electron chi connectivity index (χ3n) is 4.50. The molecule has 0 radical (unpaired) electrons. The molecule has 2 aromatic carbocycles. The summed E-state index contributed by atoms with van der Waals surface area (Å²) in [6, 6.07) is 14.2. The molecule has 0 bridgehead atoms. The van der Waals surface area contributed by atoms with Crippen LogP contribution < -0.4 is 10.6 Å². The Labute approximate surface area is 189 Å². The Morgan fingerprint density at radius 3 is 2.43 bits per heavy atom. The highest BCUT2D eigenvalue weighted by molar-refractivity contribution is 6.35. The number of nitrogens with one attached hydrogen (secondary N) is 2. The second-order valence-corrected chi connectivity index (χ2v) is 7.26. The highest BCUT2D eigenvalue weighted by Gasteiger charge is 2.10. The highest BCUT2D eigenvalue weighted by atomic mass is 35.5. The van der Waals surface area contributed by atoms with Crippen molar-refractivity contribution in [1.82, 2.24) is 15.2 Å². The fourth-order valence-corrected chi connectivity index (χ4v) is 3.63. The first-order chi connectivity index (χ1) is 12.7. The van der Waals surface area contributed by atoms with Gasteiger partial charge in [-0.25, -0.2) is 0 Å². The zero-order chi connectivity index (χ0) is 18.4. The van der Waals surface area contributed by atoms with E-state index >= 15 is 0 Å². The number of halogens is 4. The summed E-state index contributed by atoms with van der Waals surface area (Å²) in [5, 5.41) is 9.56. The lowest BCUT2D eigenvalue weighted by atomic mass is 10.2. The number of fused-ring (bicyclic) bond motifs is 1. The zero-order valence-corrected chi connectivity index (χ0v) is 19.0. The average molecular weight is 463 g/mol. The lowest BCUT2D eigenvalue weighted by molar-refractivity contribution is 0.606. The highest BCUT2D eigenvalue weighted by Crippen LogP contribution is 2.26. The van der Waals surface area contributed by atoms with E-state index < -0.39 is 0 Å². The van der Waals surface area contributed by atoms with Crippen molar-refractivity contribution in [2.45, 2.75) is 26.4 Å².